The molecule has 1 fully saturated rings. The zero-order valence-corrected chi connectivity index (χ0v) is 15.5. The summed E-state index contributed by atoms with van der Waals surface area (Å²) in [7, 11) is 0. The van der Waals surface area contributed by atoms with Gasteiger partial charge in [0.15, 0.2) is 0 Å². The molecule has 6 nitrogen and oxygen atoms in total. The zero-order valence-electron chi connectivity index (χ0n) is 15.5. The van der Waals surface area contributed by atoms with Gasteiger partial charge in [0.2, 0.25) is 5.91 Å². The van der Waals surface area contributed by atoms with Gasteiger partial charge in [0, 0.05) is 43.4 Å². The number of hydrogen-bond acceptors (Lipinski definition) is 3. The number of nitrogens with zero attached hydrogens (tertiary/aromatic N) is 2. The lowest BCUT2D eigenvalue weighted by molar-refractivity contribution is -0.128. The molecular weight excluding hydrogens is 352 g/mol. The minimum absolute atomic E-state index is 0.120. The number of hydrogen-bond donors (Lipinski definition) is 2. The molecule has 6 heteroatoms. The lowest BCUT2D eigenvalue weighted by Crippen LogP contribution is -2.26. The van der Waals surface area contributed by atoms with Crippen LogP contribution >= 0.6 is 0 Å². The van der Waals surface area contributed by atoms with Crippen molar-refractivity contribution in [3.05, 3.63) is 77.6 Å². The van der Waals surface area contributed by atoms with E-state index in [1.54, 1.807) is 6.20 Å². The van der Waals surface area contributed by atoms with Crippen LogP contribution in [0.5, 0.6) is 0 Å². The second-order valence-corrected chi connectivity index (χ2v) is 6.93. The SMILES string of the molecule is O=C(NCc1ccccc1CN1CCCC1=O)c1ccc(-c2cn[nH]c2)cc1. The molecule has 2 N–H and O–H groups in total. The third kappa shape index (κ3) is 3.96. The summed E-state index contributed by atoms with van der Waals surface area (Å²) in [5.41, 5.74) is 4.71. The van der Waals surface area contributed by atoms with E-state index in [9.17, 15) is 9.59 Å². The topological polar surface area (TPSA) is 78.1 Å². The summed E-state index contributed by atoms with van der Waals surface area (Å²) in [6.07, 6.45) is 5.12. The predicted octanol–water partition coefficient (Wildman–Crippen LogP) is 3.13. The largest absolute Gasteiger partial charge is 0.348 e. The number of likely N-dealkylation sites (tertiary alicyclic amines) is 1. The summed E-state index contributed by atoms with van der Waals surface area (Å²) in [4.78, 5) is 26.3. The summed E-state index contributed by atoms with van der Waals surface area (Å²) in [6, 6.07) is 15.4. The molecule has 0 saturated carbocycles. The first-order valence-electron chi connectivity index (χ1n) is 9.43. The normalized spacial score (nSPS) is 13.7. The fourth-order valence-electron chi connectivity index (χ4n) is 3.46. The highest BCUT2D eigenvalue weighted by molar-refractivity contribution is 5.94. The maximum atomic E-state index is 12.5. The van der Waals surface area contributed by atoms with Crippen molar-refractivity contribution in [2.45, 2.75) is 25.9 Å². The number of amides is 2. The van der Waals surface area contributed by atoms with E-state index in [-0.39, 0.29) is 11.8 Å². The highest BCUT2D eigenvalue weighted by Gasteiger charge is 2.21. The zero-order chi connectivity index (χ0) is 19.3. The minimum atomic E-state index is -0.120. The van der Waals surface area contributed by atoms with Gasteiger partial charge in [-0.3, -0.25) is 14.7 Å². The summed E-state index contributed by atoms with van der Waals surface area (Å²) in [6.45, 7) is 1.84. The molecule has 142 valence electrons. The van der Waals surface area contributed by atoms with Gasteiger partial charge in [-0.1, -0.05) is 36.4 Å². The third-order valence-corrected chi connectivity index (χ3v) is 5.07. The lowest BCUT2D eigenvalue weighted by Gasteiger charge is -2.18. The molecule has 3 aromatic rings. The lowest BCUT2D eigenvalue weighted by atomic mass is 10.1. The first-order chi connectivity index (χ1) is 13.7. The molecule has 2 heterocycles. The Morgan fingerprint density at radius 1 is 1.07 bits per heavy atom. The van der Waals surface area contributed by atoms with Crippen molar-refractivity contribution in [2.75, 3.05) is 6.54 Å². The minimum Gasteiger partial charge on any atom is -0.348 e. The molecule has 1 aromatic heterocycles. The smallest absolute Gasteiger partial charge is 0.251 e. The van der Waals surface area contributed by atoms with E-state index in [1.165, 1.54) is 0 Å². The van der Waals surface area contributed by atoms with Crippen LogP contribution in [0.4, 0.5) is 0 Å². The maximum absolute atomic E-state index is 12.5. The number of carbonyl (C=O) groups excluding carboxylic acids is 2. The van der Waals surface area contributed by atoms with Gasteiger partial charge in [0.25, 0.3) is 5.91 Å². The predicted molar refractivity (Wildman–Crippen MR) is 106 cm³/mol. The van der Waals surface area contributed by atoms with Gasteiger partial charge in [0.1, 0.15) is 0 Å². The van der Waals surface area contributed by atoms with Crippen molar-refractivity contribution in [1.82, 2.24) is 20.4 Å². The highest BCUT2D eigenvalue weighted by atomic mass is 16.2. The van der Waals surface area contributed by atoms with Crippen molar-refractivity contribution in [2.24, 2.45) is 0 Å². The van der Waals surface area contributed by atoms with E-state index in [0.717, 1.165) is 35.2 Å². The van der Waals surface area contributed by atoms with Crippen LogP contribution in [0.3, 0.4) is 0 Å². The molecule has 0 spiro atoms. The molecule has 28 heavy (non-hydrogen) atoms. The average molecular weight is 374 g/mol. The molecule has 2 amide bonds. The maximum Gasteiger partial charge on any atom is 0.251 e. The third-order valence-electron chi connectivity index (χ3n) is 5.07. The number of benzene rings is 2. The van der Waals surface area contributed by atoms with Crippen LogP contribution in [0.2, 0.25) is 0 Å². The number of rotatable bonds is 6. The van der Waals surface area contributed by atoms with Crippen molar-refractivity contribution in [1.29, 1.82) is 0 Å². The van der Waals surface area contributed by atoms with Crippen LogP contribution in [0, 0.1) is 0 Å². The second kappa shape index (κ2) is 8.08. The quantitative estimate of drug-likeness (QED) is 0.696. The first kappa shape index (κ1) is 18.0. The first-order valence-corrected chi connectivity index (χ1v) is 9.43. The van der Waals surface area contributed by atoms with Gasteiger partial charge in [-0.05, 0) is 35.2 Å². The van der Waals surface area contributed by atoms with E-state index >= 15 is 0 Å². The van der Waals surface area contributed by atoms with Crippen LogP contribution in [0.15, 0.2) is 60.9 Å². The van der Waals surface area contributed by atoms with Gasteiger partial charge < -0.3 is 10.2 Å². The summed E-state index contributed by atoms with van der Waals surface area (Å²) in [5, 5.41) is 9.71. The highest BCUT2D eigenvalue weighted by Crippen LogP contribution is 2.19. The Morgan fingerprint density at radius 2 is 1.86 bits per heavy atom. The number of carbonyl (C=O) groups is 2. The van der Waals surface area contributed by atoms with Crippen molar-refractivity contribution in [3.63, 3.8) is 0 Å². The molecule has 1 aliphatic heterocycles. The molecular formula is C22H22N4O2. The Balaban J connectivity index is 1.40. The molecule has 4 rings (SSSR count). The summed E-state index contributed by atoms with van der Waals surface area (Å²) in [5.74, 6) is 0.0855. The van der Waals surface area contributed by atoms with Crippen molar-refractivity contribution >= 4 is 11.8 Å². The summed E-state index contributed by atoms with van der Waals surface area (Å²) >= 11 is 0. The van der Waals surface area contributed by atoms with Crippen LogP contribution in [0.1, 0.15) is 34.3 Å². The van der Waals surface area contributed by atoms with E-state index in [4.69, 9.17) is 0 Å². The molecule has 2 aromatic carbocycles. The Kier molecular flexibility index (Phi) is 5.19. The van der Waals surface area contributed by atoms with Gasteiger partial charge in [-0.25, -0.2) is 0 Å². The van der Waals surface area contributed by atoms with Crippen molar-refractivity contribution in [3.8, 4) is 11.1 Å². The Bertz CT molecular complexity index is 964. The number of aromatic amines is 1. The van der Waals surface area contributed by atoms with Crippen LogP contribution in [-0.4, -0.2) is 33.5 Å². The van der Waals surface area contributed by atoms with Crippen molar-refractivity contribution < 1.29 is 9.59 Å². The van der Waals surface area contributed by atoms with E-state index in [2.05, 4.69) is 15.5 Å². The monoisotopic (exact) mass is 374 g/mol. The molecule has 0 radical (unpaired) electrons. The Morgan fingerprint density at radius 3 is 2.54 bits per heavy atom. The van der Waals surface area contributed by atoms with E-state index in [0.29, 0.717) is 25.1 Å². The van der Waals surface area contributed by atoms with Gasteiger partial charge >= 0.3 is 0 Å². The van der Waals surface area contributed by atoms with Gasteiger partial charge in [0.05, 0.1) is 6.20 Å². The Labute approximate surface area is 163 Å². The number of H-pyrrole nitrogens is 1. The fraction of sp³-hybridized carbons (Fsp3) is 0.227. The van der Waals surface area contributed by atoms with E-state index < -0.39 is 0 Å². The molecule has 0 bridgehead atoms. The number of aromatic nitrogens is 2. The van der Waals surface area contributed by atoms with Crippen LogP contribution in [-0.2, 0) is 17.9 Å². The molecule has 0 aliphatic carbocycles. The standard InChI is InChI=1S/C22H22N4O2/c27-21-6-3-11-26(21)15-19-5-2-1-4-18(19)12-23-22(28)17-9-7-16(8-10-17)20-13-24-25-14-20/h1-2,4-5,7-10,13-14H,3,6,11-12,15H2,(H,23,28)(H,24,25). The van der Waals surface area contributed by atoms with Gasteiger partial charge in [-0.15, -0.1) is 0 Å². The van der Waals surface area contributed by atoms with Crippen LogP contribution in [0.25, 0.3) is 11.1 Å². The Hall–Kier alpha value is -3.41. The summed E-state index contributed by atoms with van der Waals surface area (Å²) < 4.78 is 0. The molecule has 0 unspecified atom stereocenters. The van der Waals surface area contributed by atoms with Gasteiger partial charge in [-0.2, -0.15) is 5.10 Å². The second-order valence-electron chi connectivity index (χ2n) is 6.93. The number of nitrogens with one attached hydrogen (secondary N) is 2. The van der Waals surface area contributed by atoms with Crippen LogP contribution < -0.4 is 5.32 Å². The molecule has 1 saturated heterocycles. The van der Waals surface area contributed by atoms with E-state index in [1.807, 2.05) is 59.6 Å². The molecule has 0 atom stereocenters. The molecule has 1 aliphatic rings. The fourth-order valence-corrected chi connectivity index (χ4v) is 3.46. The average Bonchev–Trinajstić information content (AvgIpc) is 3.40.